The van der Waals surface area contributed by atoms with E-state index < -0.39 is 5.60 Å². The lowest BCUT2D eigenvalue weighted by molar-refractivity contribution is 0.0200. The Kier molecular flexibility index (Phi) is 5.99. The first-order chi connectivity index (χ1) is 11.2. The van der Waals surface area contributed by atoms with Crippen molar-refractivity contribution in [2.24, 2.45) is 5.92 Å². The van der Waals surface area contributed by atoms with Crippen LogP contribution in [0.5, 0.6) is 0 Å². The van der Waals surface area contributed by atoms with Gasteiger partial charge in [-0.2, -0.15) is 0 Å². The number of carbonyl (C=O) groups excluding carboxylic acids is 2. The predicted octanol–water partition coefficient (Wildman–Crippen LogP) is 3.22. The van der Waals surface area contributed by atoms with Crippen LogP contribution >= 0.6 is 0 Å². The smallest absolute Gasteiger partial charge is 0.410 e. The third kappa shape index (κ3) is 5.87. The van der Waals surface area contributed by atoms with Gasteiger partial charge in [-0.15, -0.1) is 0 Å². The maximum atomic E-state index is 12.5. The molecule has 2 aliphatic rings. The van der Waals surface area contributed by atoms with E-state index in [9.17, 15) is 9.59 Å². The zero-order valence-corrected chi connectivity index (χ0v) is 15.8. The maximum Gasteiger partial charge on any atom is 0.410 e. The van der Waals surface area contributed by atoms with E-state index in [1.807, 2.05) is 25.7 Å². The summed E-state index contributed by atoms with van der Waals surface area (Å²) in [5, 5.41) is 3.16. The second-order valence-corrected chi connectivity index (χ2v) is 8.47. The van der Waals surface area contributed by atoms with E-state index in [2.05, 4.69) is 19.2 Å². The highest BCUT2D eigenvalue weighted by atomic mass is 16.6. The summed E-state index contributed by atoms with van der Waals surface area (Å²) < 4.78 is 5.41. The van der Waals surface area contributed by atoms with E-state index >= 15 is 0 Å². The average molecular weight is 339 g/mol. The molecule has 0 aromatic carbocycles. The summed E-state index contributed by atoms with van der Waals surface area (Å²) in [5.74, 6) is 0.477. The molecule has 0 aromatic rings. The molecule has 1 N–H and O–H groups in total. The quantitative estimate of drug-likeness (QED) is 0.855. The molecule has 2 fully saturated rings. The van der Waals surface area contributed by atoms with Gasteiger partial charge in [0.2, 0.25) is 0 Å². The van der Waals surface area contributed by atoms with Crippen molar-refractivity contribution in [3.63, 3.8) is 0 Å². The minimum Gasteiger partial charge on any atom is -0.444 e. The van der Waals surface area contributed by atoms with Gasteiger partial charge in [0.15, 0.2) is 0 Å². The second-order valence-electron chi connectivity index (χ2n) is 8.47. The second kappa shape index (κ2) is 7.62. The fraction of sp³-hybridized carbons (Fsp3) is 0.889. The third-order valence-electron chi connectivity index (χ3n) is 4.28. The highest BCUT2D eigenvalue weighted by Crippen LogP contribution is 2.28. The Morgan fingerprint density at radius 1 is 1.17 bits per heavy atom. The number of nitrogens with zero attached hydrogens (tertiary/aromatic N) is 2. The number of likely N-dealkylation sites (tertiary alicyclic amines) is 1. The van der Waals surface area contributed by atoms with Crippen LogP contribution in [-0.2, 0) is 4.74 Å². The van der Waals surface area contributed by atoms with Crippen molar-refractivity contribution in [2.75, 3.05) is 19.6 Å². The van der Waals surface area contributed by atoms with Gasteiger partial charge >= 0.3 is 12.1 Å². The van der Waals surface area contributed by atoms with E-state index in [0.717, 1.165) is 32.2 Å². The molecule has 138 valence electrons. The molecule has 0 unspecified atom stereocenters. The van der Waals surface area contributed by atoms with Crippen molar-refractivity contribution in [1.29, 1.82) is 0 Å². The molecule has 0 spiro atoms. The normalized spacial score (nSPS) is 19.3. The van der Waals surface area contributed by atoms with Crippen molar-refractivity contribution in [1.82, 2.24) is 15.1 Å². The summed E-state index contributed by atoms with van der Waals surface area (Å²) >= 11 is 0. The standard InChI is InChI=1S/C18H33N3O3/c1-13(2)12-21(15-6-7-15)16(22)19-14-8-10-20(11-9-14)17(23)24-18(3,4)5/h13-15H,6-12H2,1-5H3,(H,19,22). The topological polar surface area (TPSA) is 61.9 Å². The van der Waals surface area contributed by atoms with Crippen LogP contribution in [-0.4, -0.2) is 59.2 Å². The van der Waals surface area contributed by atoms with Crippen molar-refractivity contribution in [3.05, 3.63) is 0 Å². The number of urea groups is 1. The maximum absolute atomic E-state index is 12.5. The lowest BCUT2D eigenvalue weighted by Crippen LogP contribution is -2.51. The zero-order valence-electron chi connectivity index (χ0n) is 15.8. The van der Waals surface area contributed by atoms with Gasteiger partial charge in [0, 0.05) is 31.7 Å². The van der Waals surface area contributed by atoms with Crippen molar-refractivity contribution >= 4 is 12.1 Å². The van der Waals surface area contributed by atoms with Crippen LogP contribution in [0.1, 0.15) is 60.3 Å². The van der Waals surface area contributed by atoms with Gasteiger partial charge < -0.3 is 19.9 Å². The number of hydrogen-bond acceptors (Lipinski definition) is 3. The fourth-order valence-corrected chi connectivity index (χ4v) is 2.97. The summed E-state index contributed by atoms with van der Waals surface area (Å²) in [7, 11) is 0. The molecule has 6 nitrogen and oxygen atoms in total. The molecule has 3 amide bonds. The molecule has 2 rings (SSSR count). The van der Waals surface area contributed by atoms with Gasteiger partial charge in [-0.1, -0.05) is 13.8 Å². The minimum absolute atomic E-state index is 0.0573. The Labute approximate surface area is 145 Å². The summed E-state index contributed by atoms with van der Waals surface area (Å²) in [5.41, 5.74) is -0.468. The molecular weight excluding hydrogens is 306 g/mol. The average Bonchev–Trinajstić information content (AvgIpc) is 3.27. The monoisotopic (exact) mass is 339 g/mol. The molecule has 1 aliphatic carbocycles. The lowest BCUT2D eigenvalue weighted by atomic mass is 10.1. The molecule has 24 heavy (non-hydrogen) atoms. The van der Waals surface area contributed by atoms with Crippen LogP contribution < -0.4 is 5.32 Å². The molecule has 1 heterocycles. The molecule has 6 heteroatoms. The van der Waals surface area contributed by atoms with Crippen LogP contribution in [0.4, 0.5) is 9.59 Å². The SMILES string of the molecule is CC(C)CN(C(=O)NC1CCN(C(=O)OC(C)(C)C)CC1)C1CC1. The highest BCUT2D eigenvalue weighted by molar-refractivity contribution is 5.75. The molecule has 0 bridgehead atoms. The van der Waals surface area contributed by atoms with Crippen LogP contribution in [0.3, 0.4) is 0 Å². The largest absolute Gasteiger partial charge is 0.444 e. The minimum atomic E-state index is -0.468. The number of amides is 3. The molecule has 0 aromatic heterocycles. The Bertz CT molecular complexity index is 447. The molecule has 1 saturated heterocycles. The van der Waals surface area contributed by atoms with Crippen molar-refractivity contribution in [3.8, 4) is 0 Å². The molecule has 1 aliphatic heterocycles. The van der Waals surface area contributed by atoms with Gasteiger partial charge in [-0.3, -0.25) is 0 Å². The van der Waals surface area contributed by atoms with Gasteiger partial charge in [0.1, 0.15) is 5.60 Å². The first-order valence-corrected chi connectivity index (χ1v) is 9.21. The van der Waals surface area contributed by atoms with Crippen molar-refractivity contribution in [2.45, 2.75) is 78.0 Å². The van der Waals surface area contributed by atoms with Gasteiger partial charge in [-0.05, 0) is 52.4 Å². The number of rotatable bonds is 4. The van der Waals surface area contributed by atoms with Crippen LogP contribution in [0.15, 0.2) is 0 Å². The Morgan fingerprint density at radius 2 is 1.75 bits per heavy atom. The first-order valence-electron chi connectivity index (χ1n) is 9.21. The van der Waals surface area contributed by atoms with Crippen LogP contribution in [0.25, 0.3) is 0 Å². The van der Waals surface area contributed by atoms with E-state index in [1.165, 1.54) is 0 Å². The number of carbonyl (C=O) groups is 2. The first kappa shape index (κ1) is 18.9. The fourth-order valence-electron chi connectivity index (χ4n) is 2.97. The number of nitrogens with one attached hydrogen (secondary N) is 1. The summed E-state index contributed by atoms with van der Waals surface area (Å²) in [6.07, 6.45) is 3.55. The van der Waals surface area contributed by atoms with E-state index in [-0.39, 0.29) is 18.2 Å². The van der Waals surface area contributed by atoms with Gasteiger partial charge in [0.25, 0.3) is 0 Å². The van der Waals surface area contributed by atoms with Crippen LogP contribution in [0, 0.1) is 5.92 Å². The van der Waals surface area contributed by atoms with E-state index in [4.69, 9.17) is 4.74 Å². The number of piperidine rings is 1. The summed E-state index contributed by atoms with van der Waals surface area (Å²) in [6, 6.07) is 0.626. The molecule has 0 atom stereocenters. The van der Waals surface area contributed by atoms with E-state index in [1.54, 1.807) is 4.90 Å². The van der Waals surface area contributed by atoms with E-state index in [0.29, 0.717) is 25.0 Å². The third-order valence-corrected chi connectivity index (χ3v) is 4.28. The summed E-state index contributed by atoms with van der Waals surface area (Å²) in [6.45, 7) is 12.0. The Balaban J connectivity index is 1.77. The van der Waals surface area contributed by atoms with Crippen LogP contribution in [0.2, 0.25) is 0 Å². The van der Waals surface area contributed by atoms with Gasteiger partial charge in [0.05, 0.1) is 0 Å². The van der Waals surface area contributed by atoms with Crippen molar-refractivity contribution < 1.29 is 14.3 Å². The molecular formula is C18H33N3O3. The lowest BCUT2D eigenvalue weighted by Gasteiger charge is -2.35. The molecule has 1 saturated carbocycles. The number of hydrogen-bond donors (Lipinski definition) is 1. The predicted molar refractivity (Wildman–Crippen MR) is 93.9 cm³/mol. The highest BCUT2D eigenvalue weighted by Gasteiger charge is 2.34. The Hall–Kier alpha value is -1.46. The Morgan fingerprint density at radius 3 is 2.21 bits per heavy atom. The summed E-state index contributed by atoms with van der Waals surface area (Å²) in [4.78, 5) is 28.3. The van der Waals surface area contributed by atoms with Gasteiger partial charge in [-0.25, -0.2) is 9.59 Å². The zero-order chi connectivity index (χ0) is 17.9. The number of ether oxygens (including phenoxy) is 1. The molecule has 0 radical (unpaired) electrons.